The van der Waals surface area contributed by atoms with E-state index in [-0.39, 0.29) is 11.9 Å². The smallest absolute Gasteiger partial charge is 0.309 e. The largest absolute Gasteiger partial charge is 0.487 e. The van der Waals surface area contributed by atoms with Gasteiger partial charge in [0, 0.05) is 14.2 Å². The molecule has 0 spiro atoms. The predicted octanol–water partition coefficient (Wildman–Crippen LogP) is 2.33. The van der Waals surface area contributed by atoms with Crippen molar-refractivity contribution in [2.45, 2.75) is 19.1 Å². The van der Waals surface area contributed by atoms with Crippen molar-refractivity contribution in [1.29, 1.82) is 0 Å². The minimum absolute atomic E-state index is 0.0992. The van der Waals surface area contributed by atoms with Gasteiger partial charge in [0.05, 0.1) is 17.5 Å². The molecule has 21 heavy (non-hydrogen) atoms. The molecule has 0 radical (unpaired) electrons. The highest BCUT2D eigenvalue weighted by molar-refractivity contribution is 9.10. The van der Waals surface area contributed by atoms with Crippen molar-refractivity contribution in [3.63, 3.8) is 0 Å². The maximum atomic E-state index is 11.6. The highest BCUT2D eigenvalue weighted by Crippen LogP contribution is 2.35. The van der Waals surface area contributed by atoms with Crippen LogP contribution in [0.5, 0.6) is 5.75 Å². The van der Waals surface area contributed by atoms with Gasteiger partial charge in [-0.25, -0.2) is 0 Å². The number of hydrogen-bond acceptors (Lipinski definition) is 5. The molecular weight excluding hydrogens is 340 g/mol. The number of carbonyl (C=O) groups excluding carboxylic acids is 1. The Morgan fingerprint density at radius 2 is 1.86 bits per heavy atom. The van der Waals surface area contributed by atoms with E-state index in [1.807, 2.05) is 12.1 Å². The van der Waals surface area contributed by atoms with Gasteiger partial charge in [-0.1, -0.05) is 0 Å². The normalized spacial score (nSPS) is 16.9. The van der Waals surface area contributed by atoms with Crippen LogP contribution in [-0.4, -0.2) is 40.2 Å². The second kappa shape index (κ2) is 7.24. The van der Waals surface area contributed by atoms with Crippen LogP contribution in [0.3, 0.4) is 0 Å². The average Bonchev–Trinajstić information content (AvgIpc) is 2.90. The van der Waals surface area contributed by atoms with E-state index in [1.54, 1.807) is 14.2 Å². The molecule has 0 aliphatic heterocycles. The number of halogens is 1. The van der Waals surface area contributed by atoms with Crippen molar-refractivity contribution in [1.82, 2.24) is 0 Å². The van der Waals surface area contributed by atoms with Crippen LogP contribution < -0.4 is 4.74 Å². The Kier molecular flexibility index (Phi) is 5.61. The van der Waals surface area contributed by atoms with E-state index in [0.29, 0.717) is 19.4 Å². The van der Waals surface area contributed by atoms with Crippen molar-refractivity contribution >= 4 is 21.9 Å². The number of carbonyl (C=O) groups is 1. The summed E-state index contributed by atoms with van der Waals surface area (Å²) in [5.74, 6) is 0.458. The first-order valence-corrected chi connectivity index (χ1v) is 7.45. The molecule has 116 valence electrons. The summed E-state index contributed by atoms with van der Waals surface area (Å²) < 4.78 is 21.6. The van der Waals surface area contributed by atoms with E-state index in [0.717, 1.165) is 21.3 Å². The third-order valence-electron chi connectivity index (χ3n) is 3.62. The van der Waals surface area contributed by atoms with Crippen molar-refractivity contribution in [2.75, 3.05) is 27.9 Å². The molecule has 1 aromatic carbocycles. The van der Waals surface area contributed by atoms with Gasteiger partial charge in [0.1, 0.15) is 12.4 Å². The van der Waals surface area contributed by atoms with Crippen LogP contribution in [0.15, 0.2) is 16.6 Å². The van der Waals surface area contributed by atoms with Gasteiger partial charge in [0.2, 0.25) is 0 Å². The Morgan fingerprint density at radius 1 is 1.24 bits per heavy atom. The fourth-order valence-electron chi connectivity index (χ4n) is 2.45. The number of esters is 1. The first kappa shape index (κ1) is 16.3. The average molecular weight is 359 g/mol. The molecular formula is C15H19BrO5. The number of rotatable bonds is 6. The van der Waals surface area contributed by atoms with Crippen LogP contribution in [0.4, 0.5) is 0 Å². The second-order valence-corrected chi connectivity index (χ2v) is 5.75. The molecule has 1 aromatic rings. The molecule has 1 unspecified atom stereocenters. The number of ether oxygens (including phenoxy) is 4. The summed E-state index contributed by atoms with van der Waals surface area (Å²) in [6.07, 6.45) is 0.983. The third kappa shape index (κ3) is 3.75. The zero-order valence-corrected chi connectivity index (χ0v) is 13.9. The van der Waals surface area contributed by atoms with Gasteiger partial charge in [-0.05, 0) is 52.0 Å². The van der Waals surface area contributed by atoms with Crippen molar-refractivity contribution in [2.24, 2.45) is 5.92 Å². The summed E-state index contributed by atoms with van der Waals surface area (Å²) >= 11 is 3.50. The first-order valence-electron chi connectivity index (χ1n) is 6.66. The Hall–Kier alpha value is -1.11. The summed E-state index contributed by atoms with van der Waals surface area (Å²) in [5, 5.41) is 0. The molecule has 1 aliphatic rings. The van der Waals surface area contributed by atoms with Gasteiger partial charge in [-0.2, -0.15) is 0 Å². The summed E-state index contributed by atoms with van der Waals surface area (Å²) in [4.78, 5) is 11.6. The molecule has 0 amide bonds. The third-order valence-corrected chi connectivity index (χ3v) is 4.24. The van der Waals surface area contributed by atoms with Gasteiger partial charge in [-0.15, -0.1) is 0 Å². The quantitative estimate of drug-likeness (QED) is 0.577. The molecule has 0 N–H and O–H groups in total. The second-order valence-electron chi connectivity index (χ2n) is 4.89. The van der Waals surface area contributed by atoms with E-state index in [9.17, 15) is 4.79 Å². The number of fused-ring (bicyclic) bond motifs is 1. The van der Waals surface area contributed by atoms with Gasteiger partial charge in [0.25, 0.3) is 0 Å². The van der Waals surface area contributed by atoms with E-state index in [2.05, 4.69) is 15.9 Å². The van der Waals surface area contributed by atoms with Gasteiger partial charge in [0.15, 0.2) is 6.29 Å². The number of hydrogen-bond donors (Lipinski definition) is 0. The Labute approximate surface area is 132 Å². The lowest BCUT2D eigenvalue weighted by Gasteiger charge is -2.16. The Bertz CT molecular complexity index is 513. The monoisotopic (exact) mass is 358 g/mol. The standard InChI is InChI=1S/C15H19BrO5/c1-18-14(19-2)8-21-13-7-10-5-11(15(17)20-3)4-9(10)6-12(13)16/h6-7,11,14H,4-5,8H2,1-3H3. The lowest BCUT2D eigenvalue weighted by molar-refractivity contribution is -0.145. The molecule has 0 saturated carbocycles. The maximum Gasteiger partial charge on any atom is 0.309 e. The minimum atomic E-state index is -0.409. The predicted molar refractivity (Wildman–Crippen MR) is 80.4 cm³/mol. The zero-order chi connectivity index (χ0) is 15.4. The molecule has 2 rings (SSSR count). The Balaban J connectivity index is 2.09. The maximum absolute atomic E-state index is 11.6. The zero-order valence-electron chi connectivity index (χ0n) is 12.3. The van der Waals surface area contributed by atoms with Crippen molar-refractivity contribution in [3.05, 3.63) is 27.7 Å². The van der Waals surface area contributed by atoms with Crippen LogP contribution in [-0.2, 0) is 31.8 Å². The van der Waals surface area contributed by atoms with Gasteiger partial charge < -0.3 is 18.9 Å². The van der Waals surface area contributed by atoms with Gasteiger partial charge in [-0.3, -0.25) is 4.79 Å². The molecule has 1 atom stereocenters. The summed E-state index contributed by atoms with van der Waals surface area (Å²) in [6.45, 7) is 0.296. The summed E-state index contributed by atoms with van der Waals surface area (Å²) in [6, 6.07) is 3.97. The molecule has 0 fully saturated rings. The number of benzene rings is 1. The van der Waals surface area contributed by atoms with E-state index in [1.165, 1.54) is 7.11 Å². The minimum Gasteiger partial charge on any atom is -0.487 e. The van der Waals surface area contributed by atoms with Crippen molar-refractivity contribution in [3.8, 4) is 5.75 Å². The van der Waals surface area contributed by atoms with Crippen molar-refractivity contribution < 1.29 is 23.7 Å². The molecule has 0 saturated heterocycles. The highest BCUT2D eigenvalue weighted by atomic mass is 79.9. The van der Waals surface area contributed by atoms with Crippen LogP contribution in [0.1, 0.15) is 11.1 Å². The Morgan fingerprint density at radius 3 is 2.43 bits per heavy atom. The van der Waals surface area contributed by atoms with Crippen LogP contribution in [0.2, 0.25) is 0 Å². The molecule has 6 heteroatoms. The molecule has 0 heterocycles. The molecule has 1 aliphatic carbocycles. The number of methoxy groups -OCH3 is 3. The van der Waals surface area contributed by atoms with Crippen LogP contribution in [0, 0.1) is 5.92 Å². The lowest BCUT2D eigenvalue weighted by Crippen LogP contribution is -2.22. The fourth-order valence-corrected chi connectivity index (χ4v) is 2.96. The highest BCUT2D eigenvalue weighted by Gasteiger charge is 2.29. The fraction of sp³-hybridized carbons (Fsp3) is 0.533. The summed E-state index contributed by atoms with van der Waals surface area (Å²) in [5.41, 5.74) is 2.27. The van der Waals surface area contributed by atoms with E-state index in [4.69, 9.17) is 18.9 Å². The van der Waals surface area contributed by atoms with Crippen LogP contribution >= 0.6 is 15.9 Å². The topological polar surface area (TPSA) is 54.0 Å². The first-order chi connectivity index (χ1) is 10.1. The van der Waals surface area contributed by atoms with E-state index >= 15 is 0 Å². The van der Waals surface area contributed by atoms with E-state index < -0.39 is 6.29 Å². The molecule has 5 nitrogen and oxygen atoms in total. The van der Waals surface area contributed by atoms with Gasteiger partial charge >= 0.3 is 5.97 Å². The summed E-state index contributed by atoms with van der Waals surface area (Å²) in [7, 11) is 4.55. The SMILES string of the molecule is COC(=O)C1Cc2cc(Br)c(OCC(OC)OC)cc2C1. The van der Waals surface area contributed by atoms with Crippen LogP contribution in [0.25, 0.3) is 0 Å². The lowest BCUT2D eigenvalue weighted by atomic mass is 10.1. The molecule has 0 aromatic heterocycles. The molecule has 0 bridgehead atoms.